The van der Waals surface area contributed by atoms with Crippen LogP contribution in [0.3, 0.4) is 0 Å². The first-order chi connectivity index (χ1) is 15.0. The summed E-state index contributed by atoms with van der Waals surface area (Å²) in [6.45, 7) is 2.64. The number of aromatic nitrogens is 3. The van der Waals surface area contributed by atoms with Gasteiger partial charge in [-0.15, -0.1) is 10.2 Å². The number of hydrogen-bond donors (Lipinski definition) is 2. The van der Waals surface area contributed by atoms with E-state index in [1.54, 1.807) is 0 Å². The number of hydrogen-bond acceptors (Lipinski definition) is 7. The number of carbonyl (C=O) groups is 2. The van der Waals surface area contributed by atoms with Crippen molar-refractivity contribution in [2.45, 2.75) is 63.3 Å². The van der Waals surface area contributed by atoms with Crippen LogP contribution in [-0.2, 0) is 17.9 Å². The number of benzene rings is 1. The molecular weight excluding hydrogens is 420 g/mol. The number of thioether (sulfide) groups is 1. The molecule has 1 aromatic heterocycles. The van der Waals surface area contributed by atoms with Gasteiger partial charge in [0.15, 0.2) is 11.0 Å². The van der Waals surface area contributed by atoms with E-state index in [9.17, 15) is 19.7 Å². The van der Waals surface area contributed by atoms with E-state index in [0.717, 1.165) is 25.7 Å². The maximum Gasteiger partial charge on any atom is 0.270 e. The van der Waals surface area contributed by atoms with Crippen molar-refractivity contribution in [3.63, 3.8) is 0 Å². The van der Waals surface area contributed by atoms with Crippen molar-refractivity contribution < 1.29 is 14.5 Å². The van der Waals surface area contributed by atoms with Crippen LogP contribution in [0.5, 0.6) is 0 Å². The summed E-state index contributed by atoms with van der Waals surface area (Å²) in [4.78, 5) is 34.9. The molecule has 0 atom stereocenters. The van der Waals surface area contributed by atoms with Gasteiger partial charge in [0.1, 0.15) is 0 Å². The highest BCUT2D eigenvalue weighted by molar-refractivity contribution is 7.99. The molecule has 1 aliphatic rings. The second-order valence-corrected chi connectivity index (χ2v) is 8.27. The van der Waals surface area contributed by atoms with Crippen molar-refractivity contribution in [3.05, 3.63) is 45.8 Å². The second kappa shape index (κ2) is 10.9. The molecule has 1 heterocycles. The number of rotatable bonds is 9. The minimum absolute atomic E-state index is 0.0110. The first-order valence-corrected chi connectivity index (χ1v) is 11.3. The number of amides is 2. The second-order valence-electron chi connectivity index (χ2n) is 7.32. The summed E-state index contributed by atoms with van der Waals surface area (Å²) in [7, 11) is 0. The lowest BCUT2D eigenvalue weighted by molar-refractivity contribution is -0.384. The molecule has 0 unspecified atom stereocenters. The van der Waals surface area contributed by atoms with E-state index < -0.39 is 10.8 Å². The predicted octanol–water partition coefficient (Wildman–Crippen LogP) is 2.68. The molecule has 2 aromatic rings. The fraction of sp³-hybridized carbons (Fsp3) is 0.500. The molecule has 2 N–H and O–H groups in total. The third kappa shape index (κ3) is 6.27. The molecule has 166 valence electrons. The standard InChI is InChI=1S/C20H26N6O4S/c1-2-25-17(12-21-19(28)14-7-6-10-16(11-14)26(29)30)23-24-20(25)31-13-18(27)22-15-8-4-3-5-9-15/h6-7,10-11,15H,2-5,8-9,12-13H2,1H3,(H,21,28)(H,22,27). The normalized spacial score (nSPS) is 14.2. The van der Waals surface area contributed by atoms with Gasteiger partial charge in [-0.2, -0.15) is 0 Å². The van der Waals surface area contributed by atoms with Gasteiger partial charge < -0.3 is 15.2 Å². The van der Waals surface area contributed by atoms with Crippen LogP contribution in [-0.4, -0.2) is 43.3 Å². The van der Waals surface area contributed by atoms with Crippen molar-refractivity contribution in [3.8, 4) is 0 Å². The lowest BCUT2D eigenvalue weighted by Gasteiger charge is -2.22. The van der Waals surface area contributed by atoms with E-state index in [-0.39, 0.29) is 35.5 Å². The average molecular weight is 447 g/mol. The first kappa shape index (κ1) is 22.7. The molecule has 1 aromatic carbocycles. The monoisotopic (exact) mass is 446 g/mol. The Morgan fingerprint density at radius 1 is 1.26 bits per heavy atom. The maximum absolute atomic E-state index is 12.4. The van der Waals surface area contributed by atoms with Crippen molar-refractivity contribution in [1.29, 1.82) is 0 Å². The van der Waals surface area contributed by atoms with E-state index >= 15 is 0 Å². The van der Waals surface area contributed by atoms with Gasteiger partial charge in [-0.1, -0.05) is 37.1 Å². The summed E-state index contributed by atoms with van der Waals surface area (Å²) < 4.78 is 1.84. The largest absolute Gasteiger partial charge is 0.353 e. The molecule has 0 spiro atoms. The highest BCUT2D eigenvalue weighted by Gasteiger charge is 2.18. The summed E-state index contributed by atoms with van der Waals surface area (Å²) >= 11 is 1.31. The van der Waals surface area contributed by atoms with Crippen LogP contribution in [0.1, 0.15) is 55.2 Å². The van der Waals surface area contributed by atoms with Gasteiger partial charge >= 0.3 is 0 Å². The fourth-order valence-corrected chi connectivity index (χ4v) is 4.38. The van der Waals surface area contributed by atoms with E-state index in [0.29, 0.717) is 17.5 Å². The molecule has 10 nitrogen and oxygen atoms in total. The maximum atomic E-state index is 12.4. The van der Waals surface area contributed by atoms with Crippen molar-refractivity contribution in [2.24, 2.45) is 0 Å². The summed E-state index contributed by atoms with van der Waals surface area (Å²) in [5.74, 6) is 0.365. The highest BCUT2D eigenvalue weighted by atomic mass is 32.2. The molecule has 0 radical (unpaired) electrons. The Morgan fingerprint density at radius 2 is 2.03 bits per heavy atom. The summed E-state index contributed by atoms with van der Waals surface area (Å²) in [5.41, 5.74) is 0.0558. The van der Waals surface area contributed by atoms with Crippen LogP contribution in [0.15, 0.2) is 29.4 Å². The Kier molecular flexibility index (Phi) is 7.99. The van der Waals surface area contributed by atoms with Crippen LogP contribution >= 0.6 is 11.8 Å². The summed E-state index contributed by atoms with van der Waals surface area (Å²) in [6, 6.07) is 5.81. The zero-order chi connectivity index (χ0) is 22.2. The van der Waals surface area contributed by atoms with Gasteiger partial charge in [-0.05, 0) is 25.8 Å². The molecule has 0 saturated heterocycles. The lowest BCUT2D eigenvalue weighted by Crippen LogP contribution is -2.37. The quantitative estimate of drug-likeness (QED) is 0.344. The molecule has 0 aliphatic heterocycles. The average Bonchev–Trinajstić information content (AvgIpc) is 3.18. The third-order valence-electron chi connectivity index (χ3n) is 5.14. The molecule has 0 bridgehead atoms. The molecule has 1 saturated carbocycles. The van der Waals surface area contributed by atoms with Crippen LogP contribution in [0.25, 0.3) is 0 Å². The van der Waals surface area contributed by atoms with Crippen LogP contribution < -0.4 is 10.6 Å². The van der Waals surface area contributed by atoms with Crippen molar-refractivity contribution in [1.82, 2.24) is 25.4 Å². The van der Waals surface area contributed by atoms with Gasteiger partial charge in [0.05, 0.1) is 17.2 Å². The van der Waals surface area contributed by atoms with Crippen molar-refractivity contribution in [2.75, 3.05) is 5.75 Å². The Labute approximate surface area is 184 Å². The lowest BCUT2D eigenvalue weighted by atomic mass is 9.95. The molecule has 1 aliphatic carbocycles. The number of nitro benzene ring substituents is 1. The van der Waals surface area contributed by atoms with Crippen LogP contribution in [0.4, 0.5) is 5.69 Å². The topological polar surface area (TPSA) is 132 Å². The first-order valence-electron chi connectivity index (χ1n) is 10.3. The molecule has 31 heavy (non-hydrogen) atoms. The van der Waals surface area contributed by atoms with Crippen LogP contribution in [0.2, 0.25) is 0 Å². The van der Waals surface area contributed by atoms with Gasteiger partial charge in [0.2, 0.25) is 5.91 Å². The van der Waals surface area contributed by atoms with Crippen molar-refractivity contribution >= 4 is 29.3 Å². The Hall–Kier alpha value is -2.95. The van der Waals surface area contributed by atoms with E-state index in [1.807, 2.05) is 11.5 Å². The zero-order valence-corrected chi connectivity index (χ0v) is 18.2. The summed E-state index contributed by atoms with van der Waals surface area (Å²) in [6.07, 6.45) is 5.63. The number of non-ortho nitro benzene ring substituents is 1. The third-order valence-corrected chi connectivity index (χ3v) is 6.11. The van der Waals surface area contributed by atoms with Gasteiger partial charge in [-0.3, -0.25) is 19.7 Å². The minimum atomic E-state index is -0.543. The fourth-order valence-electron chi connectivity index (χ4n) is 3.54. The Bertz CT molecular complexity index is 942. The minimum Gasteiger partial charge on any atom is -0.353 e. The van der Waals surface area contributed by atoms with Gasteiger partial charge in [0, 0.05) is 30.3 Å². The van der Waals surface area contributed by atoms with E-state index in [2.05, 4.69) is 20.8 Å². The highest BCUT2D eigenvalue weighted by Crippen LogP contribution is 2.20. The van der Waals surface area contributed by atoms with Gasteiger partial charge in [0.25, 0.3) is 11.6 Å². The predicted molar refractivity (Wildman–Crippen MR) is 116 cm³/mol. The number of carbonyl (C=O) groups excluding carboxylic acids is 2. The molecular formula is C20H26N6O4S. The molecule has 3 rings (SSSR count). The molecule has 11 heteroatoms. The molecule has 1 fully saturated rings. The summed E-state index contributed by atoms with van der Waals surface area (Å²) in [5, 5.41) is 25.6. The van der Waals surface area contributed by atoms with E-state index in [1.165, 1.54) is 42.4 Å². The zero-order valence-electron chi connectivity index (χ0n) is 17.4. The van der Waals surface area contributed by atoms with Gasteiger partial charge in [-0.25, -0.2) is 0 Å². The van der Waals surface area contributed by atoms with E-state index in [4.69, 9.17) is 0 Å². The number of nitrogens with zero attached hydrogens (tertiary/aromatic N) is 4. The molecule has 2 amide bonds. The Morgan fingerprint density at radius 3 is 2.74 bits per heavy atom. The number of nitrogens with one attached hydrogen (secondary N) is 2. The Balaban J connectivity index is 1.54. The van der Waals surface area contributed by atoms with Crippen LogP contribution in [0, 0.1) is 10.1 Å². The SMILES string of the molecule is CCn1c(CNC(=O)c2cccc([N+](=O)[O-])c2)nnc1SCC(=O)NC1CCCCC1. The number of nitro groups is 1. The smallest absolute Gasteiger partial charge is 0.270 e.